The van der Waals surface area contributed by atoms with Gasteiger partial charge in [0.2, 0.25) is 0 Å². The summed E-state index contributed by atoms with van der Waals surface area (Å²) >= 11 is 1.71. The molecular formula is C29H30N2S. The lowest BCUT2D eigenvalue weighted by Crippen LogP contribution is -1.78. The molecule has 162 valence electrons. The van der Waals surface area contributed by atoms with Crippen molar-refractivity contribution in [1.29, 1.82) is 0 Å². The van der Waals surface area contributed by atoms with Gasteiger partial charge in [0, 0.05) is 16.7 Å². The van der Waals surface area contributed by atoms with Crippen molar-refractivity contribution in [3.8, 4) is 0 Å². The summed E-state index contributed by atoms with van der Waals surface area (Å²) in [4.78, 5) is 8.26. The lowest BCUT2D eigenvalue weighted by Gasteiger charge is -1.94. The lowest BCUT2D eigenvalue weighted by atomic mass is 10.1. The number of aryl methyl sites for hydroxylation is 1. The third kappa shape index (κ3) is 5.06. The molecule has 0 bridgehead atoms. The van der Waals surface area contributed by atoms with Gasteiger partial charge < -0.3 is 4.98 Å². The molecule has 0 aliphatic heterocycles. The van der Waals surface area contributed by atoms with E-state index in [1.54, 1.807) is 11.3 Å². The van der Waals surface area contributed by atoms with Crippen molar-refractivity contribution in [3.63, 3.8) is 0 Å². The van der Waals surface area contributed by atoms with Crippen LogP contribution >= 0.6 is 11.3 Å². The Kier molecular flexibility index (Phi) is 7.80. The van der Waals surface area contributed by atoms with Gasteiger partial charge in [-0.15, -0.1) is 11.3 Å². The predicted molar refractivity (Wildman–Crippen MR) is 145 cm³/mol. The standard InChI is InChI=1S/C20H20N2S.C9H10/c1-5-8-9-10-14(6-2)20-22-17-12-11-15-13(4)16(7-3)21-18(15)19(17)23-20;1-8(2)9-6-4-3-5-7-9/h5-8,10-12,21H,2-3,9H2,1,4H3;3-7H,1H2,2H3/b8-5-,14-10+;. The summed E-state index contributed by atoms with van der Waals surface area (Å²) in [7, 11) is 0. The number of H-pyrrole nitrogens is 1. The van der Waals surface area contributed by atoms with E-state index >= 15 is 0 Å². The molecule has 4 aromatic rings. The van der Waals surface area contributed by atoms with E-state index in [9.17, 15) is 0 Å². The molecule has 0 spiro atoms. The number of thiazole rings is 1. The molecular weight excluding hydrogens is 408 g/mol. The highest BCUT2D eigenvalue weighted by Gasteiger charge is 2.13. The second-order valence-electron chi connectivity index (χ2n) is 7.54. The maximum Gasteiger partial charge on any atom is 0.124 e. The van der Waals surface area contributed by atoms with Gasteiger partial charge in [-0.1, -0.05) is 86.0 Å². The van der Waals surface area contributed by atoms with Crippen LogP contribution < -0.4 is 0 Å². The summed E-state index contributed by atoms with van der Waals surface area (Å²) in [5.74, 6) is 0. The quantitative estimate of drug-likeness (QED) is 0.236. The van der Waals surface area contributed by atoms with Crippen molar-refractivity contribution in [2.24, 2.45) is 0 Å². The van der Waals surface area contributed by atoms with Crippen LogP contribution in [0.1, 0.15) is 42.1 Å². The van der Waals surface area contributed by atoms with E-state index in [0.717, 1.165) is 39.3 Å². The molecule has 2 nitrogen and oxygen atoms in total. The van der Waals surface area contributed by atoms with Crippen molar-refractivity contribution in [3.05, 3.63) is 108 Å². The van der Waals surface area contributed by atoms with Gasteiger partial charge in [-0.2, -0.15) is 0 Å². The normalized spacial score (nSPS) is 11.5. The summed E-state index contributed by atoms with van der Waals surface area (Å²) in [6, 6.07) is 14.4. The smallest absolute Gasteiger partial charge is 0.124 e. The Hall–Kier alpha value is -3.43. The van der Waals surface area contributed by atoms with Crippen molar-refractivity contribution in [2.75, 3.05) is 0 Å². The molecule has 0 unspecified atom stereocenters. The Morgan fingerprint density at radius 2 is 1.88 bits per heavy atom. The number of aromatic amines is 1. The molecule has 1 N–H and O–H groups in total. The molecule has 0 aliphatic rings. The molecule has 4 rings (SSSR count). The molecule has 0 saturated carbocycles. The number of nitrogens with one attached hydrogen (secondary N) is 1. The van der Waals surface area contributed by atoms with Crippen LogP contribution in [0.2, 0.25) is 0 Å². The van der Waals surface area contributed by atoms with E-state index in [0.29, 0.717) is 0 Å². The van der Waals surface area contributed by atoms with Gasteiger partial charge in [-0.3, -0.25) is 0 Å². The minimum atomic E-state index is 0.894. The van der Waals surface area contributed by atoms with E-state index in [1.165, 1.54) is 21.2 Å². The van der Waals surface area contributed by atoms with E-state index in [4.69, 9.17) is 4.98 Å². The number of allylic oxidation sites excluding steroid dienone is 6. The molecule has 0 amide bonds. The minimum Gasteiger partial charge on any atom is -0.354 e. The zero-order valence-electron chi connectivity index (χ0n) is 19.1. The second-order valence-corrected chi connectivity index (χ2v) is 8.54. The predicted octanol–water partition coefficient (Wildman–Crippen LogP) is 8.98. The summed E-state index contributed by atoms with van der Waals surface area (Å²) in [5.41, 5.74) is 7.91. The molecule has 2 aromatic heterocycles. The van der Waals surface area contributed by atoms with Gasteiger partial charge in [-0.05, 0) is 50.5 Å². The SMILES string of the molecule is C=C(C)c1ccccc1.C=C/C(=C\C/C=C\C)c1nc2ccc3c(C)c(C=C)[nH]c3c2s1. The summed E-state index contributed by atoms with van der Waals surface area (Å²) in [6.07, 6.45) is 11.0. The van der Waals surface area contributed by atoms with E-state index in [1.807, 2.05) is 44.2 Å². The number of rotatable bonds is 6. The second kappa shape index (κ2) is 10.7. The first-order valence-electron chi connectivity index (χ1n) is 10.7. The van der Waals surface area contributed by atoms with Gasteiger partial charge in [-0.25, -0.2) is 4.98 Å². The van der Waals surface area contributed by atoms with Gasteiger partial charge >= 0.3 is 0 Å². The first-order chi connectivity index (χ1) is 15.5. The lowest BCUT2D eigenvalue weighted by molar-refractivity contribution is 1.36. The first kappa shape index (κ1) is 23.2. The third-order valence-corrected chi connectivity index (χ3v) is 6.41. The zero-order valence-corrected chi connectivity index (χ0v) is 19.9. The average molecular weight is 439 g/mol. The number of nitrogens with zero attached hydrogens (tertiary/aromatic N) is 1. The number of aromatic nitrogens is 2. The molecule has 2 aromatic carbocycles. The van der Waals surface area contributed by atoms with Crippen molar-refractivity contribution < 1.29 is 0 Å². The minimum absolute atomic E-state index is 0.894. The van der Waals surface area contributed by atoms with E-state index in [-0.39, 0.29) is 0 Å². The summed E-state index contributed by atoms with van der Waals surface area (Å²) < 4.78 is 1.19. The fourth-order valence-electron chi connectivity index (χ4n) is 3.44. The number of hydrogen-bond donors (Lipinski definition) is 1. The monoisotopic (exact) mass is 438 g/mol. The molecule has 3 heteroatoms. The fourth-order valence-corrected chi connectivity index (χ4v) is 4.54. The molecule has 32 heavy (non-hydrogen) atoms. The van der Waals surface area contributed by atoms with Gasteiger partial charge in [0.15, 0.2) is 0 Å². The fraction of sp³-hybridized carbons (Fsp3) is 0.138. The highest BCUT2D eigenvalue weighted by Crippen LogP contribution is 2.35. The Labute approximate surface area is 195 Å². The van der Waals surface area contributed by atoms with Crippen molar-refractivity contribution >= 4 is 49.7 Å². The van der Waals surface area contributed by atoms with Crippen LogP contribution in [0, 0.1) is 6.92 Å². The number of benzene rings is 2. The van der Waals surface area contributed by atoms with Crippen LogP contribution in [0.15, 0.2) is 86.5 Å². The third-order valence-electron chi connectivity index (χ3n) is 5.27. The zero-order chi connectivity index (χ0) is 23.1. The average Bonchev–Trinajstić information content (AvgIpc) is 3.38. The topological polar surface area (TPSA) is 28.7 Å². The van der Waals surface area contributed by atoms with Crippen LogP contribution in [0.4, 0.5) is 0 Å². The molecule has 0 atom stereocenters. The molecule has 0 radical (unpaired) electrons. The van der Waals surface area contributed by atoms with Crippen LogP contribution in [-0.4, -0.2) is 9.97 Å². The van der Waals surface area contributed by atoms with Crippen molar-refractivity contribution in [2.45, 2.75) is 27.2 Å². The Bertz CT molecular complexity index is 1310. The van der Waals surface area contributed by atoms with Crippen LogP contribution in [-0.2, 0) is 0 Å². The molecule has 2 heterocycles. The summed E-state index contributed by atoms with van der Waals surface area (Å²) in [6.45, 7) is 17.8. The van der Waals surface area contributed by atoms with Gasteiger partial charge in [0.05, 0.1) is 15.7 Å². The molecule has 0 aliphatic carbocycles. The maximum atomic E-state index is 4.79. The highest BCUT2D eigenvalue weighted by molar-refractivity contribution is 7.20. The Balaban J connectivity index is 0.000000269. The Morgan fingerprint density at radius 1 is 1.12 bits per heavy atom. The summed E-state index contributed by atoms with van der Waals surface area (Å²) in [5, 5.41) is 2.25. The first-order valence-corrected chi connectivity index (χ1v) is 11.5. The van der Waals surface area contributed by atoms with E-state index < -0.39 is 0 Å². The highest BCUT2D eigenvalue weighted by atomic mass is 32.1. The van der Waals surface area contributed by atoms with Crippen LogP contribution in [0.25, 0.3) is 38.3 Å². The van der Waals surface area contributed by atoms with Crippen molar-refractivity contribution in [1.82, 2.24) is 9.97 Å². The number of fused-ring (bicyclic) bond motifs is 3. The Morgan fingerprint density at radius 3 is 2.47 bits per heavy atom. The molecule has 0 fully saturated rings. The van der Waals surface area contributed by atoms with Gasteiger partial charge in [0.1, 0.15) is 5.01 Å². The van der Waals surface area contributed by atoms with Gasteiger partial charge in [0.25, 0.3) is 0 Å². The maximum absolute atomic E-state index is 4.79. The number of hydrogen-bond acceptors (Lipinski definition) is 2. The van der Waals surface area contributed by atoms with Crippen LogP contribution in [0.5, 0.6) is 0 Å². The molecule has 0 saturated heterocycles. The van der Waals surface area contributed by atoms with E-state index in [2.05, 4.69) is 74.1 Å². The van der Waals surface area contributed by atoms with Crippen LogP contribution in [0.3, 0.4) is 0 Å². The largest absolute Gasteiger partial charge is 0.354 e.